The average molecular weight is 652 g/mol. The van der Waals surface area contributed by atoms with Gasteiger partial charge < -0.3 is 69.9 Å². The topological polar surface area (TPSA) is 237 Å². The largest absolute Gasteiger partial charge is 0.396 e. The van der Waals surface area contributed by atoms with Crippen LogP contribution in [0.15, 0.2) is 0 Å². The number of carbonyl (C=O) groups is 1. The van der Waals surface area contributed by atoms with Crippen LogP contribution in [0.4, 0.5) is 0 Å². The summed E-state index contributed by atoms with van der Waals surface area (Å²) < 4.78 is 25.3. The minimum absolute atomic E-state index is 0.0417. The zero-order valence-corrected chi connectivity index (χ0v) is 27.2. The Hall–Kier alpha value is -1.05. The highest BCUT2D eigenvalue weighted by Gasteiger charge is 2.05. The molecule has 15 heteroatoms. The van der Waals surface area contributed by atoms with Crippen molar-refractivity contribution < 1.29 is 69.3 Å². The molecule has 44 heavy (non-hydrogen) atoms. The fourth-order valence-electron chi connectivity index (χ4n) is 2.51. The molecule has 15 nitrogen and oxygen atoms in total. The summed E-state index contributed by atoms with van der Waals surface area (Å²) in [5.74, 6) is 0.667. The molecule has 1 aliphatic heterocycles. The van der Waals surface area contributed by atoms with Crippen molar-refractivity contribution in [2.75, 3.05) is 119 Å². The Morgan fingerprint density at radius 2 is 1.02 bits per heavy atom. The van der Waals surface area contributed by atoms with Gasteiger partial charge in [0.25, 0.3) is 0 Å². The second-order valence-electron chi connectivity index (χ2n) is 9.19. The Labute approximate surface area is 264 Å². The first kappa shape index (κ1) is 49.8. The number of nitrogens with one attached hydrogen (secondary N) is 1. The highest BCUT2D eigenvalue weighted by atomic mass is 16.5. The molecule has 1 fully saturated rings. The summed E-state index contributed by atoms with van der Waals surface area (Å²) in [6.07, 6.45) is 4.69. The van der Waals surface area contributed by atoms with Crippen molar-refractivity contribution in [3.8, 4) is 0 Å². The molecule has 1 saturated heterocycles. The van der Waals surface area contributed by atoms with Crippen molar-refractivity contribution >= 4 is 5.91 Å². The van der Waals surface area contributed by atoms with Gasteiger partial charge in [0.05, 0.1) is 92.5 Å². The third-order valence-corrected chi connectivity index (χ3v) is 5.03. The van der Waals surface area contributed by atoms with Crippen molar-refractivity contribution in [2.45, 2.75) is 58.5 Å². The van der Waals surface area contributed by atoms with E-state index in [0.29, 0.717) is 65.4 Å². The molecule has 0 aromatic rings. The third kappa shape index (κ3) is 56.7. The molecule has 1 heterocycles. The first-order valence-electron chi connectivity index (χ1n) is 15.4. The van der Waals surface area contributed by atoms with E-state index < -0.39 is 6.10 Å². The van der Waals surface area contributed by atoms with Crippen LogP contribution in [0, 0.1) is 5.92 Å². The Morgan fingerprint density at radius 3 is 1.25 bits per heavy atom. The van der Waals surface area contributed by atoms with Gasteiger partial charge in [-0.05, 0) is 31.6 Å². The first-order chi connectivity index (χ1) is 21.3. The highest BCUT2D eigenvalue weighted by molar-refractivity contribution is 5.77. The number of unbranched alkanes of at least 4 members (excludes halogenated alkanes) is 1. The molecular weight excluding hydrogens is 586 g/mol. The van der Waals surface area contributed by atoms with E-state index in [1.54, 1.807) is 0 Å². The van der Waals surface area contributed by atoms with Gasteiger partial charge in [-0.3, -0.25) is 4.79 Å². The molecule has 0 aromatic carbocycles. The maximum atomic E-state index is 10.1. The Morgan fingerprint density at radius 1 is 0.636 bits per heavy atom. The summed E-state index contributed by atoms with van der Waals surface area (Å²) in [6, 6.07) is 0. The number of rotatable bonds is 24. The number of aliphatic hydroxyl groups is 8. The standard InChI is InChI=1S/C10H22O4.C6H14O4.C6H14O2.C4H7NO.C3H8O3/c1-2-3-5-12-7-9-14-10-8-13-6-4-11;7-1-3-9-5-6-10-4-2-8;1-6(2-4-7)3-5-8;6-4-2-1-3-5-4;4-1-3(6)2-5/h11H,2-10H2,1H3;7-8H,1-6H2;6-8H,2-5H2,1H3;1-3H2,(H,5,6);3-6H,1-2H2. The van der Waals surface area contributed by atoms with E-state index in [1.807, 2.05) is 6.92 Å². The Bertz CT molecular complexity index is 457. The van der Waals surface area contributed by atoms with E-state index in [2.05, 4.69) is 12.2 Å². The summed E-state index contributed by atoms with van der Waals surface area (Å²) in [5.41, 5.74) is 0. The van der Waals surface area contributed by atoms with Gasteiger partial charge in [0.1, 0.15) is 6.10 Å². The van der Waals surface area contributed by atoms with Gasteiger partial charge >= 0.3 is 0 Å². The maximum Gasteiger partial charge on any atom is 0.220 e. The lowest BCUT2D eigenvalue weighted by Gasteiger charge is -2.05. The van der Waals surface area contributed by atoms with Gasteiger partial charge in [0.2, 0.25) is 5.91 Å². The molecule has 0 saturated carbocycles. The number of hydrogen-bond donors (Lipinski definition) is 9. The van der Waals surface area contributed by atoms with Crippen LogP contribution in [0.2, 0.25) is 0 Å². The Balaban J connectivity index is -0.000000236. The summed E-state index contributed by atoms with van der Waals surface area (Å²) in [5, 5.41) is 68.4. The van der Waals surface area contributed by atoms with Gasteiger partial charge in [-0.2, -0.15) is 0 Å². The predicted molar refractivity (Wildman–Crippen MR) is 165 cm³/mol. The van der Waals surface area contributed by atoms with E-state index in [4.69, 9.17) is 64.5 Å². The summed E-state index contributed by atoms with van der Waals surface area (Å²) in [4.78, 5) is 10.1. The van der Waals surface area contributed by atoms with Crippen molar-refractivity contribution in [2.24, 2.45) is 5.92 Å². The zero-order chi connectivity index (χ0) is 33.9. The molecule has 0 aliphatic carbocycles. The van der Waals surface area contributed by atoms with Gasteiger partial charge in [-0.25, -0.2) is 0 Å². The molecule has 270 valence electrons. The van der Waals surface area contributed by atoms with Crippen molar-refractivity contribution in [3.63, 3.8) is 0 Å². The third-order valence-electron chi connectivity index (χ3n) is 5.03. The smallest absolute Gasteiger partial charge is 0.220 e. The average Bonchev–Trinajstić information content (AvgIpc) is 3.52. The first-order valence-corrected chi connectivity index (χ1v) is 15.4. The molecule has 0 spiro atoms. The van der Waals surface area contributed by atoms with Gasteiger partial charge in [0.15, 0.2) is 0 Å². The van der Waals surface area contributed by atoms with Crippen LogP contribution in [0.5, 0.6) is 0 Å². The lowest BCUT2D eigenvalue weighted by molar-refractivity contribution is -0.119. The fourth-order valence-corrected chi connectivity index (χ4v) is 2.51. The fraction of sp³-hybridized carbons (Fsp3) is 0.966. The van der Waals surface area contributed by atoms with Gasteiger partial charge in [-0.15, -0.1) is 0 Å². The van der Waals surface area contributed by atoms with E-state index in [-0.39, 0.29) is 52.2 Å². The van der Waals surface area contributed by atoms with E-state index in [9.17, 15) is 4.79 Å². The number of ether oxygens (including phenoxy) is 5. The monoisotopic (exact) mass is 651 g/mol. The molecule has 1 amide bonds. The molecule has 1 rings (SSSR count). The minimum Gasteiger partial charge on any atom is -0.396 e. The molecular formula is C29H65NO14. The molecule has 1 aliphatic rings. The van der Waals surface area contributed by atoms with Crippen LogP contribution in [-0.4, -0.2) is 172 Å². The highest BCUT2D eigenvalue weighted by Crippen LogP contribution is 2.04. The normalized spacial score (nSPS) is 11.9. The second kappa shape index (κ2) is 48.8. The van der Waals surface area contributed by atoms with Crippen LogP contribution in [0.3, 0.4) is 0 Å². The summed E-state index contributed by atoms with van der Waals surface area (Å²) in [6.45, 7) is 10.2. The van der Waals surface area contributed by atoms with Crippen LogP contribution >= 0.6 is 0 Å². The van der Waals surface area contributed by atoms with Gasteiger partial charge in [0, 0.05) is 32.8 Å². The molecule has 0 aromatic heterocycles. The van der Waals surface area contributed by atoms with Crippen LogP contribution < -0.4 is 5.32 Å². The molecule has 0 bridgehead atoms. The maximum absolute atomic E-state index is 10.1. The summed E-state index contributed by atoms with van der Waals surface area (Å²) in [7, 11) is 0. The molecule has 0 unspecified atom stereocenters. The zero-order valence-electron chi connectivity index (χ0n) is 27.2. The van der Waals surface area contributed by atoms with Crippen molar-refractivity contribution in [1.29, 1.82) is 0 Å². The SMILES string of the molecule is CC(CCO)CCO.CCCCOCCOCCOCCO.O=C1CCCN1.OCC(O)CO.OCCOCCOCCO. The van der Waals surface area contributed by atoms with Crippen LogP contribution in [0.1, 0.15) is 52.4 Å². The van der Waals surface area contributed by atoms with Crippen LogP contribution in [-0.2, 0) is 28.5 Å². The minimum atomic E-state index is -0.954. The lowest BCUT2D eigenvalue weighted by Crippen LogP contribution is -2.15. The number of aliphatic hydroxyl groups excluding tert-OH is 8. The lowest BCUT2D eigenvalue weighted by atomic mass is 10.1. The van der Waals surface area contributed by atoms with Gasteiger partial charge in [-0.1, -0.05) is 20.3 Å². The van der Waals surface area contributed by atoms with Crippen LogP contribution in [0.25, 0.3) is 0 Å². The molecule has 0 atom stereocenters. The predicted octanol–water partition coefficient (Wildman–Crippen LogP) is -1.55. The Kier molecular flexibility index (Phi) is 55.3. The molecule has 0 radical (unpaired) electrons. The summed E-state index contributed by atoms with van der Waals surface area (Å²) >= 11 is 0. The van der Waals surface area contributed by atoms with E-state index >= 15 is 0 Å². The van der Waals surface area contributed by atoms with E-state index in [1.165, 1.54) is 0 Å². The van der Waals surface area contributed by atoms with Crippen molar-refractivity contribution in [3.05, 3.63) is 0 Å². The quantitative estimate of drug-likeness (QED) is 0.0538. The molecule has 9 N–H and O–H groups in total. The number of amides is 1. The number of carbonyl (C=O) groups excluding carboxylic acids is 1. The second-order valence-corrected chi connectivity index (χ2v) is 9.19. The van der Waals surface area contributed by atoms with Crippen molar-refractivity contribution in [1.82, 2.24) is 5.32 Å². The van der Waals surface area contributed by atoms with E-state index in [0.717, 1.165) is 51.7 Å². The number of hydrogen-bond acceptors (Lipinski definition) is 14.